The number of benzene rings is 1. The first-order valence-corrected chi connectivity index (χ1v) is 10.1. The van der Waals surface area contributed by atoms with Gasteiger partial charge in [0.2, 0.25) is 5.91 Å². The number of carbonyl (C=O) groups excluding carboxylic acids is 1. The smallest absolute Gasteiger partial charge is 0.237 e. The monoisotopic (exact) mass is 359 g/mol. The van der Waals surface area contributed by atoms with Gasteiger partial charge in [0.25, 0.3) is 0 Å². The molecule has 1 saturated heterocycles. The Kier molecular flexibility index (Phi) is 6.41. The summed E-state index contributed by atoms with van der Waals surface area (Å²) < 4.78 is 5.77. The zero-order chi connectivity index (χ0) is 18.5. The van der Waals surface area contributed by atoms with Crippen LogP contribution in [0, 0.1) is 5.92 Å². The average Bonchev–Trinajstić information content (AvgIpc) is 3.46. The molecule has 0 N–H and O–H groups in total. The van der Waals surface area contributed by atoms with Crippen LogP contribution >= 0.6 is 0 Å². The third-order valence-electron chi connectivity index (χ3n) is 5.11. The first-order chi connectivity index (χ1) is 12.6. The number of amides is 1. The van der Waals surface area contributed by atoms with Crippen molar-refractivity contribution in [2.75, 3.05) is 50.8 Å². The SMILES string of the molecule is CCOc1ccccc1N1CCN(CC(=O)N(CC(C)C)C2CC2)CC1. The first kappa shape index (κ1) is 19.0. The maximum absolute atomic E-state index is 12.8. The van der Waals surface area contributed by atoms with E-state index in [2.05, 4.69) is 40.7 Å². The summed E-state index contributed by atoms with van der Waals surface area (Å²) in [7, 11) is 0. The predicted octanol–water partition coefficient (Wildman–Crippen LogP) is 2.85. The molecule has 1 saturated carbocycles. The summed E-state index contributed by atoms with van der Waals surface area (Å²) in [4.78, 5) is 19.6. The van der Waals surface area contributed by atoms with Gasteiger partial charge in [-0.2, -0.15) is 0 Å². The zero-order valence-electron chi connectivity index (χ0n) is 16.5. The van der Waals surface area contributed by atoms with E-state index in [-0.39, 0.29) is 0 Å². The van der Waals surface area contributed by atoms with Gasteiger partial charge in [-0.05, 0) is 37.8 Å². The molecule has 144 valence electrons. The van der Waals surface area contributed by atoms with Crippen LogP contribution in [0.3, 0.4) is 0 Å². The number of carbonyl (C=O) groups is 1. The van der Waals surface area contributed by atoms with Crippen molar-refractivity contribution in [3.8, 4) is 5.75 Å². The molecular weight excluding hydrogens is 326 g/mol. The van der Waals surface area contributed by atoms with Gasteiger partial charge in [-0.25, -0.2) is 0 Å². The topological polar surface area (TPSA) is 36.0 Å². The number of ether oxygens (including phenoxy) is 1. The fourth-order valence-corrected chi connectivity index (χ4v) is 3.66. The molecular formula is C21H33N3O2. The number of hydrogen-bond acceptors (Lipinski definition) is 4. The van der Waals surface area contributed by atoms with Gasteiger partial charge in [-0.3, -0.25) is 9.69 Å². The number of rotatable bonds is 8. The summed E-state index contributed by atoms with van der Waals surface area (Å²) in [6.07, 6.45) is 2.36. The summed E-state index contributed by atoms with van der Waals surface area (Å²) >= 11 is 0. The molecule has 26 heavy (non-hydrogen) atoms. The number of hydrogen-bond donors (Lipinski definition) is 0. The predicted molar refractivity (Wildman–Crippen MR) is 106 cm³/mol. The minimum absolute atomic E-state index is 0.310. The third-order valence-corrected chi connectivity index (χ3v) is 5.11. The van der Waals surface area contributed by atoms with Gasteiger partial charge in [-0.1, -0.05) is 26.0 Å². The molecule has 1 aromatic carbocycles. The number of anilines is 1. The second-order valence-corrected chi connectivity index (χ2v) is 7.84. The van der Waals surface area contributed by atoms with E-state index in [1.54, 1.807) is 0 Å². The molecule has 0 radical (unpaired) electrons. The van der Waals surface area contributed by atoms with Gasteiger partial charge in [0, 0.05) is 38.8 Å². The van der Waals surface area contributed by atoms with E-state index in [1.807, 2.05) is 19.1 Å². The first-order valence-electron chi connectivity index (χ1n) is 10.1. The Morgan fingerprint density at radius 1 is 1.19 bits per heavy atom. The van der Waals surface area contributed by atoms with Crippen LogP contribution in [0.15, 0.2) is 24.3 Å². The number of piperazine rings is 1. The van der Waals surface area contributed by atoms with Gasteiger partial charge in [0.15, 0.2) is 0 Å². The maximum atomic E-state index is 12.8. The van der Waals surface area contributed by atoms with E-state index in [9.17, 15) is 4.79 Å². The highest BCUT2D eigenvalue weighted by molar-refractivity contribution is 5.79. The summed E-state index contributed by atoms with van der Waals surface area (Å²) in [6.45, 7) is 12.3. The molecule has 5 nitrogen and oxygen atoms in total. The highest BCUT2D eigenvalue weighted by Gasteiger charge is 2.33. The standard InChI is InChI=1S/C21H33N3O2/c1-4-26-20-8-6-5-7-19(20)23-13-11-22(12-14-23)16-21(25)24(15-17(2)3)18-9-10-18/h5-8,17-18H,4,9-16H2,1-3H3. The maximum Gasteiger partial charge on any atom is 0.237 e. The van der Waals surface area contributed by atoms with Crippen LogP contribution in [0.4, 0.5) is 5.69 Å². The van der Waals surface area contributed by atoms with Crippen LogP contribution in [-0.4, -0.2) is 67.6 Å². The van der Waals surface area contributed by atoms with Crippen LogP contribution in [0.25, 0.3) is 0 Å². The van der Waals surface area contributed by atoms with Crippen molar-refractivity contribution in [3.63, 3.8) is 0 Å². The molecule has 0 bridgehead atoms. The Hall–Kier alpha value is -1.75. The molecule has 0 atom stereocenters. The Morgan fingerprint density at radius 2 is 1.88 bits per heavy atom. The molecule has 1 aliphatic carbocycles. The Balaban J connectivity index is 1.53. The van der Waals surface area contributed by atoms with Gasteiger partial charge >= 0.3 is 0 Å². The van der Waals surface area contributed by atoms with Gasteiger partial charge in [-0.15, -0.1) is 0 Å². The average molecular weight is 360 g/mol. The molecule has 1 amide bonds. The fourth-order valence-electron chi connectivity index (χ4n) is 3.66. The van der Waals surface area contributed by atoms with Crippen molar-refractivity contribution < 1.29 is 9.53 Å². The van der Waals surface area contributed by atoms with Crippen molar-refractivity contribution in [1.82, 2.24) is 9.80 Å². The second-order valence-electron chi connectivity index (χ2n) is 7.84. The van der Waals surface area contributed by atoms with E-state index in [0.717, 1.165) is 38.5 Å². The molecule has 2 fully saturated rings. The number of nitrogens with zero attached hydrogens (tertiary/aromatic N) is 3. The third kappa shape index (κ3) is 4.91. The molecule has 5 heteroatoms. The van der Waals surface area contributed by atoms with Gasteiger partial charge < -0.3 is 14.5 Å². The highest BCUT2D eigenvalue weighted by Crippen LogP contribution is 2.30. The second kappa shape index (κ2) is 8.76. The van der Waals surface area contributed by atoms with Crippen molar-refractivity contribution >= 4 is 11.6 Å². The zero-order valence-corrected chi connectivity index (χ0v) is 16.5. The van der Waals surface area contributed by atoms with Gasteiger partial charge in [0.1, 0.15) is 5.75 Å². The Bertz CT molecular complexity index is 593. The van der Waals surface area contributed by atoms with E-state index >= 15 is 0 Å². The molecule has 0 aromatic heterocycles. The summed E-state index contributed by atoms with van der Waals surface area (Å²) in [5.74, 6) is 1.80. The summed E-state index contributed by atoms with van der Waals surface area (Å²) in [5.41, 5.74) is 1.17. The van der Waals surface area contributed by atoms with Crippen molar-refractivity contribution in [2.45, 2.75) is 39.7 Å². The van der Waals surface area contributed by atoms with E-state index < -0.39 is 0 Å². The molecule has 1 heterocycles. The fraction of sp³-hybridized carbons (Fsp3) is 0.667. The lowest BCUT2D eigenvalue weighted by Gasteiger charge is -2.37. The lowest BCUT2D eigenvalue weighted by atomic mass is 10.2. The Labute approximate surface area is 157 Å². The van der Waals surface area contributed by atoms with Crippen LogP contribution in [0.2, 0.25) is 0 Å². The van der Waals surface area contributed by atoms with E-state index in [1.165, 1.54) is 18.5 Å². The highest BCUT2D eigenvalue weighted by atomic mass is 16.5. The minimum atomic E-state index is 0.310. The van der Waals surface area contributed by atoms with Crippen LogP contribution in [0.5, 0.6) is 5.75 Å². The summed E-state index contributed by atoms with van der Waals surface area (Å²) in [5, 5.41) is 0. The summed E-state index contributed by atoms with van der Waals surface area (Å²) in [6, 6.07) is 8.75. The van der Waals surface area contributed by atoms with Crippen molar-refractivity contribution in [1.29, 1.82) is 0 Å². The molecule has 2 aliphatic rings. The van der Waals surface area contributed by atoms with E-state index in [0.29, 0.717) is 31.0 Å². The van der Waals surface area contributed by atoms with Crippen molar-refractivity contribution in [3.05, 3.63) is 24.3 Å². The van der Waals surface area contributed by atoms with Crippen molar-refractivity contribution in [2.24, 2.45) is 5.92 Å². The molecule has 0 unspecified atom stereocenters. The Morgan fingerprint density at radius 3 is 2.50 bits per heavy atom. The van der Waals surface area contributed by atoms with Crippen LogP contribution in [0.1, 0.15) is 33.6 Å². The molecule has 0 spiro atoms. The quantitative estimate of drug-likeness (QED) is 0.715. The lowest BCUT2D eigenvalue weighted by Crippen LogP contribution is -2.51. The van der Waals surface area contributed by atoms with Crippen LogP contribution in [-0.2, 0) is 4.79 Å². The minimum Gasteiger partial charge on any atom is -0.492 e. The molecule has 1 aliphatic heterocycles. The largest absolute Gasteiger partial charge is 0.492 e. The number of para-hydroxylation sites is 2. The molecule has 1 aromatic rings. The lowest BCUT2D eigenvalue weighted by molar-refractivity contribution is -0.133. The van der Waals surface area contributed by atoms with Gasteiger partial charge in [0.05, 0.1) is 18.8 Å². The molecule has 3 rings (SSSR count). The van der Waals surface area contributed by atoms with E-state index in [4.69, 9.17) is 4.74 Å². The van der Waals surface area contributed by atoms with Crippen LogP contribution < -0.4 is 9.64 Å². The normalized spacial score (nSPS) is 18.2.